The van der Waals surface area contributed by atoms with Crippen LogP contribution in [0.4, 0.5) is 5.69 Å². The number of fused-ring (bicyclic) bond motifs is 1. The van der Waals surface area contributed by atoms with Gasteiger partial charge < -0.3 is 19.7 Å². The van der Waals surface area contributed by atoms with Gasteiger partial charge in [0.2, 0.25) is 5.89 Å². The maximum atomic E-state index is 9.83. The number of aliphatic hydroxyl groups excluding tert-OH is 1. The first-order chi connectivity index (χ1) is 21.4. The Morgan fingerprint density at radius 1 is 0.955 bits per heavy atom. The maximum absolute atomic E-state index is 9.83. The molecule has 3 aliphatic rings. The number of aromatic nitrogens is 1. The summed E-state index contributed by atoms with van der Waals surface area (Å²) in [4.78, 5) is 9.79. The number of likely N-dealkylation sites (tertiary alicyclic amines) is 1. The highest BCUT2D eigenvalue weighted by Gasteiger charge is 2.36. The molecule has 3 fully saturated rings. The van der Waals surface area contributed by atoms with E-state index in [-0.39, 0.29) is 5.41 Å². The number of hydrogen-bond donors (Lipinski definition) is 2. The lowest BCUT2D eigenvalue weighted by Gasteiger charge is -2.42. The quantitative estimate of drug-likeness (QED) is 0.194. The van der Waals surface area contributed by atoms with Gasteiger partial charge in [0.15, 0.2) is 5.58 Å². The third-order valence-electron chi connectivity index (χ3n) is 10.3. The van der Waals surface area contributed by atoms with Crippen LogP contribution in [0, 0.1) is 12.3 Å². The van der Waals surface area contributed by atoms with E-state index in [2.05, 4.69) is 58.4 Å². The lowest BCUT2D eigenvalue weighted by Crippen LogP contribution is -2.49. The van der Waals surface area contributed by atoms with E-state index in [9.17, 15) is 5.11 Å². The summed E-state index contributed by atoms with van der Waals surface area (Å²) < 4.78 is 6.28. The van der Waals surface area contributed by atoms with Crippen LogP contribution in [-0.2, 0) is 6.54 Å². The summed E-state index contributed by atoms with van der Waals surface area (Å²) in [6.07, 6.45) is 8.16. The van der Waals surface area contributed by atoms with Gasteiger partial charge in [-0.25, -0.2) is 4.98 Å². The topological polar surface area (TPSA) is 64.8 Å². The van der Waals surface area contributed by atoms with Crippen molar-refractivity contribution in [1.82, 2.24) is 15.2 Å². The molecule has 1 aromatic heterocycles. The molecule has 0 radical (unpaired) electrons. The number of nitrogens with zero attached hydrogens (tertiary/aromatic N) is 3. The van der Waals surface area contributed by atoms with Crippen molar-refractivity contribution in [2.24, 2.45) is 5.41 Å². The van der Waals surface area contributed by atoms with Gasteiger partial charge in [-0.05, 0) is 99.5 Å². The molecule has 3 heterocycles. The molecule has 1 saturated carbocycles. The molecule has 8 heteroatoms. The molecule has 0 spiro atoms. The summed E-state index contributed by atoms with van der Waals surface area (Å²) in [7, 11) is 0. The van der Waals surface area contributed by atoms with Gasteiger partial charge >= 0.3 is 0 Å². The van der Waals surface area contributed by atoms with Crippen LogP contribution in [0.15, 0.2) is 52.9 Å². The van der Waals surface area contributed by atoms with Crippen molar-refractivity contribution in [2.45, 2.75) is 64.5 Å². The largest absolute Gasteiger partial charge is 0.434 e. The van der Waals surface area contributed by atoms with Crippen molar-refractivity contribution in [3.05, 3.63) is 69.7 Å². The van der Waals surface area contributed by atoms with Crippen LogP contribution in [-0.4, -0.2) is 60.4 Å². The number of benzene rings is 3. The third-order valence-corrected chi connectivity index (χ3v) is 11.0. The summed E-state index contributed by atoms with van der Waals surface area (Å²) in [5.74, 6) is 0.575. The Balaban J connectivity index is 1.10. The fourth-order valence-electron chi connectivity index (χ4n) is 7.34. The minimum atomic E-state index is 0.113. The lowest BCUT2D eigenvalue weighted by molar-refractivity contribution is 0.0412. The average molecular weight is 634 g/mol. The van der Waals surface area contributed by atoms with Crippen LogP contribution in [0.1, 0.15) is 56.1 Å². The molecule has 7 rings (SSSR count). The summed E-state index contributed by atoms with van der Waals surface area (Å²) >= 11 is 13.9. The van der Waals surface area contributed by atoms with Crippen LogP contribution in [0.3, 0.4) is 0 Å². The molecule has 2 saturated heterocycles. The Bertz CT molecular complexity index is 1630. The molecule has 1 aliphatic carbocycles. The normalized spacial score (nSPS) is 19.1. The van der Waals surface area contributed by atoms with E-state index >= 15 is 0 Å². The van der Waals surface area contributed by atoms with Crippen molar-refractivity contribution in [3.8, 4) is 22.6 Å². The lowest BCUT2D eigenvalue weighted by atomic mass is 9.69. The number of rotatable bonds is 9. The number of aliphatic hydroxyl groups is 1. The smallest absolute Gasteiger partial charge is 0.227 e. The fraction of sp³-hybridized carbons (Fsp3) is 0.472. The van der Waals surface area contributed by atoms with Crippen LogP contribution < -0.4 is 10.2 Å². The highest BCUT2D eigenvalue weighted by Crippen LogP contribution is 2.42. The standard InChI is InChI=1S/C36H42Cl2N4O2/c1-24-27(7-4-8-28(24)35-40-31-20-25(19-30(37)34(31)44-35)21-41-15-2-3-16-41)29-9-5-10-32(33(29)38)42-17-11-26(12-18-42)39-22-36(23-43)13-6-14-36/h4-5,7-10,19-20,26,39,43H,2-3,6,11-18,21-23H2,1H3. The van der Waals surface area contributed by atoms with Gasteiger partial charge in [-0.2, -0.15) is 0 Å². The molecule has 0 amide bonds. The monoisotopic (exact) mass is 632 g/mol. The third kappa shape index (κ3) is 5.88. The minimum Gasteiger partial charge on any atom is -0.434 e. The fourth-order valence-corrected chi connectivity index (χ4v) is 7.96. The predicted octanol–water partition coefficient (Wildman–Crippen LogP) is 8.09. The summed E-state index contributed by atoms with van der Waals surface area (Å²) in [6.45, 7) is 8.40. The van der Waals surface area contributed by atoms with Gasteiger partial charge in [-0.15, -0.1) is 0 Å². The van der Waals surface area contributed by atoms with Crippen LogP contribution in [0.2, 0.25) is 10.0 Å². The van der Waals surface area contributed by atoms with Gasteiger partial charge in [-0.3, -0.25) is 4.90 Å². The van der Waals surface area contributed by atoms with Crippen LogP contribution in [0.5, 0.6) is 0 Å². The second-order valence-corrected chi connectivity index (χ2v) is 14.0. The molecule has 0 unspecified atom stereocenters. The van der Waals surface area contributed by atoms with Gasteiger partial charge in [0.05, 0.1) is 15.7 Å². The van der Waals surface area contributed by atoms with Gasteiger partial charge in [0.1, 0.15) is 5.52 Å². The molecule has 232 valence electrons. The molecule has 6 nitrogen and oxygen atoms in total. The van der Waals surface area contributed by atoms with Crippen molar-refractivity contribution in [2.75, 3.05) is 44.2 Å². The maximum Gasteiger partial charge on any atom is 0.227 e. The number of piperidine rings is 1. The zero-order valence-electron chi connectivity index (χ0n) is 25.5. The van der Waals surface area contributed by atoms with Crippen molar-refractivity contribution in [3.63, 3.8) is 0 Å². The Morgan fingerprint density at radius 2 is 1.68 bits per heavy atom. The zero-order valence-corrected chi connectivity index (χ0v) is 27.1. The summed E-state index contributed by atoms with van der Waals surface area (Å²) in [5.41, 5.74) is 7.89. The van der Waals surface area contributed by atoms with E-state index in [1.807, 2.05) is 12.1 Å². The average Bonchev–Trinajstić information content (AvgIpc) is 3.68. The molecule has 2 aliphatic heterocycles. The Morgan fingerprint density at radius 3 is 2.41 bits per heavy atom. The van der Waals surface area contributed by atoms with Crippen molar-refractivity contribution >= 4 is 40.0 Å². The van der Waals surface area contributed by atoms with E-state index < -0.39 is 0 Å². The SMILES string of the molecule is Cc1c(-c2nc3cc(CN4CCCC4)cc(Cl)c3o2)cccc1-c1cccc(N2CCC(NCC3(CO)CCC3)CC2)c1Cl. The number of nitrogens with one attached hydrogen (secondary N) is 1. The second-order valence-electron chi connectivity index (χ2n) is 13.2. The highest BCUT2D eigenvalue weighted by atomic mass is 35.5. The van der Waals surface area contributed by atoms with Crippen molar-refractivity contribution < 1.29 is 9.52 Å². The Hall–Kier alpha value is -2.61. The predicted molar refractivity (Wildman–Crippen MR) is 181 cm³/mol. The minimum absolute atomic E-state index is 0.113. The first-order valence-electron chi connectivity index (χ1n) is 16.2. The van der Waals surface area contributed by atoms with Gasteiger partial charge in [-0.1, -0.05) is 53.9 Å². The molecule has 0 bridgehead atoms. The van der Waals surface area contributed by atoms with Crippen LogP contribution in [0.25, 0.3) is 33.7 Å². The van der Waals surface area contributed by atoms with E-state index in [1.165, 1.54) is 24.8 Å². The van der Waals surface area contributed by atoms with E-state index in [0.29, 0.717) is 29.1 Å². The van der Waals surface area contributed by atoms with E-state index in [4.69, 9.17) is 32.6 Å². The van der Waals surface area contributed by atoms with E-state index in [1.54, 1.807) is 0 Å². The Kier molecular flexibility index (Phi) is 8.64. The van der Waals surface area contributed by atoms with E-state index in [0.717, 1.165) is 103 Å². The summed E-state index contributed by atoms with van der Waals surface area (Å²) in [5, 5.41) is 15.0. The summed E-state index contributed by atoms with van der Waals surface area (Å²) in [6, 6.07) is 17.2. The molecular formula is C36H42Cl2N4O2. The van der Waals surface area contributed by atoms with Gasteiger partial charge in [0, 0.05) is 55.4 Å². The molecule has 2 N–H and O–H groups in total. The molecular weight excluding hydrogens is 591 g/mol. The second kappa shape index (κ2) is 12.6. The Labute approximate surface area is 270 Å². The van der Waals surface area contributed by atoms with Gasteiger partial charge in [0.25, 0.3) is 0 Å². The number of anilines is 1. The van der Waals surface area contributed by atoms with Crippen LogP contribution >= 0.6 is 23.2 Å². The first kappa shape index (κ1) is 30.1. The number of oxazole rings is 1. The molecule has 0 atom stereocenters. The molecule has 4 aromatic rings. The zero-order chi connectivity index (χ0) is 30.3. The number of halogens is 2. The highest BCUT2D eigenvalue weighted by molar-refractivity contribution is 6.36. The first-order valence-corrected chi connectivity index (χ1v) is 17.0. The number of hydrogen-bond acceptors (Lipinski definition) is 6. The molecule has 44 heavy (non-hydrogen) atoms. The van der Waals surface area contributed by atoms with Crippen molar-refractivity contribution in [1.29, 1.82) is 0 Å². The molecule has 3 aromatic carbocycles.